The second-order valence-corrected chi connectivity index (χ2v) is 4.15. The molecule has 2 rings (SSSR count). The van der Waals surface area contributed by atoms with Crippen molar-refractivity contribution >= 4 is 11.9 Å². The monoisotopic (exact) mass is 278 g/mol. The molecular weight excluding hydrogens is 266 g/mol. The van der Waals surface area contributed by atoms with E-state index < -0.39 is 11.6 Å². The Bertz CT molecular complexity index is 672. The van der Waals surface area contributed by atoms with E-state index >= 15 is 0 Å². The number of benzene rings is 1. The van der Waals surface area contributed by atoms with Crippen molar-refractivity contribution in [1.82, 2.24) is 4.98 Å². The molecule has 0 unspecified atom stereocenters. The number of aromatic hydroxyl groups is 1. The fourth-order valence-corrected chi connectivity index (χ4v) is 1.63. The summed E-state index contributed by atoms with van der Waals surface area (Å²) in [5.41, 5.74) is 1.26. The number of aryl methyl sites for hydroxylation is 1. The molecule has 0 bridgehead atoms. The van der Waals surface area contributed by atoms with Gasteiger partial charge in [-0.1, -0.05) is 0 Å². The molecule has 0 aliphatic heterocycles. The molecule has 1 aromatic carbocycles. The van der Waals surface area contributed by atoms with E-state index in [4.69, 9.17) is 0 Å². The van der Waals surface area contributed by atoms with Crippen LogP contribution < -0.4 is 0 Å². The van der Waals surface area contributed by atoms with Gasteiger partial charge in [0.2, 0.25) is 0 Å². The molecule has 0 saturated carbocycles. The lowest BCUT2D eigenvalue weighted by Gasteiger charge is -2.06. The normalized spacial score (nSPS) is 11.2. The fourth-order valence-electron chi connectivity index (χ4n) is 1.63. The Morgan fingerprint density at radius 3 is 2.70 bits per heavy atom. The number of hydrogen-bond acceptors (Lipinski definition) is 4. The Balaban J connectivity index is 2.40. The molecule has 2 aromatic rings. The van der Waals surface area contributed by atoms with Crippen LogP contribution in [0.25, 0.3) is 0 Å². The van der Waals surface area contributed by atoms with Gasteiger partial charge in [-0.3, -0.25) is 9.98 Å². The highest BCUT2D eigenvalue weighted by atomic mass is 19.2. The molecule has 1 heterocycles. The molecule has 0 amide bonds. The van der Waals surface area contributed by atoms with Gasteiger partial charge in [-0.05, 0) is 19.1 Å². The van der Waals surface area contributed by atoms with Gasteiger partial charge >= 0.3 is 0 Å². The molecule has 2 N–H and O–H groups in total. The lowest BCUT2D eigenvalue weighted by molar-refractivity contribution is 0.280. The van der Waals surface area contributed by atoms with Crippen LogP contribution in [0.5, 0.6) is 5.75 Å². The quantitative estimate of drug-likeness (QED) is 0.848. The highest BCUT2D eigenvalue weighted by Gasteiger charge is 2.09. The number of nitrogens with zero attached hydrogens (tertiary/aromatic N) is 2. The molecule has 1 aromatic heterocycles. The van der Waals surface area contributed by atoms with Crippen molar-refractivity contribution in [3.63, 3.8) is 0 Å². The maximum absolute atomic E-state index is 13.0. The number of aliphatic hydroxyl groups excluding tert-OH is 1. The van der Waals surface area contributed by atoms with Gasteiger partial charge in [0.25, 0.3) is 0 Å². The first kappa shape index (κ1) is 14.1. The summed E-state index contributed by atoms with van der Waals surface area (Å²) in [7, 11) is 0. The van der Waals surface area contributed by atoms with E-state index in [1.807, 2.05) is 0 Å². The maximum atomic E-state index is 13.0. The smallest absolute Gasteiger partial charge is 0.160 e. The molecule has 20 heavy (non-hydrogen) atoms. The van der Waals surface area contributed by atoms with Crippen molar-refractivity contribution in [3.8, 4) is 5.75 Å². The number of halogens is 2. The van der Waals surface area contributed by atoms with Gasteiger partial charge in [-0.25, -0.2) is 8.78 Å². The van der Waals surface area contributed by atoms with E-state index in [0.717, 1.165) is 12.1 Å². The van der Waals surface area contributed by atoms with Crippen molar-refractivity contribution in [2.24, 2.45) is 4.99 Å². The third-order valence-corrected chi connectivity index (χ3v) is 2.77. The van der Waals surface area contributed by atoms with E-state index in [2.05, 4.69) is 9.98 Å². The van der Waals surface area contributed by atoms with Crippen LogP contribution in [0.1, 0.15) is 16.8 Å². The van der Waals surface area contributed by atoms with Gasteiger partial charge < -0.3 is 10.2 Å². The summed E-state index contributed by atoms with van der Waals surface area (Å²) in [6, 6.07) is 3.21. The predicted octanol–water partition coefficient (Wildman–Crippen LogP) is 2.62. The first-order valence-corrected chi connectivity index (χ1v) is 5.80. The van der Waals surface area contributed by atoms with Crippen LogP contribution in [0.3, 0.4) is 0 Å². The number of aromatic nitrogens is 1. The minimum atomic E-state index is -1.00. The van der Waals surface area contributed by atoms with Gasteiger partial charge in [0.1, 0.15) is 5.75 Å². The molecule has 6 heteroatoms. The van der Waals surface area contributed by atoms with Gasteiger partial charge in [-0.2, -0.15) is 0 Å². The van der Waals surface area contributed by atoms with Crippen molar-refractivity contribution in [2.45, 2.75) is 13.5 Å². The minimum Gasteiger partial charge on any atom is -0.505 e. The third kappa shape index (κ3) is 2.80. The van der Waals surface area contributed by atoms with E-state index in [9.17, 15) is 19.0 Å². The van der Waals surface area contributed by atoms with Crippen molar-refractivity contribution in [1.29, 1.82) is 0 Å². The van der Waals surface area contributed by atoms with E-state index in [1.165, 1.54) is 18.5 Å². The second kappa shape index (κ2) is 5.75. The lowest BCUT2D eigenvalue weighted by atomic mass is 10.1. The Kier molecular flexibility index (Phi) is 4.05. The standard InChI is InChI=1S/C14H12F2N2O2/c1-8-14(20)11(9(7-19)5-17-8)6-18-10-2-3-12(15)13(16)4-10/h2-6,19-20H,7H2,1H3. The zero-order valence-corrected chi connectivity index (χ0v) is 10.6. The molecule has 0 saturated heterocycles. The van der Waals surface area contributed by atoms with Gasteiger partial charge in [-0.15, -0.1) is 0 Å². The number of aliphatic imine (C=N–C) groups is 1. The molecule has 0 spiro atoms. The molecular formula is C14H12F2N2O2. The molecule has 0 aliphatic rings. The van der Waals surface area contributed by atoms with Crippen LogP contribution in [0.4, 0.5) is 14.5 Å². The maximum Gasteiger partial charge on any atom is 0.160 e. The predicted molar refractivity (Wildman–Crippen MR) is 70.2 cm³/mol. The summed E-state index contributed by atoms with van der Waals surface area (Å²) >= 11 is 0. The van der Waals surface area contributed by atoms with E-state index in [-0.39, 0.29) is 18.0 Å². The van der Waals surface area contributed by atoms with Gasteiger partial charge in [0, 0.05) is 29.6 Å². The summed E-state index contributed by atoms with van der Waals surface area (Å²) in [5, 5.41) is 19.1. The zero-order chi connectivity index (χ0) is 14.7. The number of rotatable bonds is 3. The van der Waals surface area contributed by atoms with E-state index in [0.29, 0.717) is 16.8 Å². The molecule has 0 fully saturated rings. The second-order valence-electron chi connectivity index (χ2n) is 4.15. The highest BCUT2D eigenvalue weighted by molar-refractivity contribution is 5.87. The number of aliphatic hydroxyl groups is 1. The summed E-state index contributed by atoms with van der Waals surface area (Å²) in [4.78, 5) is 7.87. The minimum absolute atomic E-state index is 0.108. The SMILES string of the molecule is Cc1ncc(CO)c(C=Nc2ccc(F)c(F)c2)c1O. The van der Waals surface area contributed by atoms with Crippen LogP contribution in [0, 0.1) is 18.6 Å². The van der Waals surface area contributed by atoms with Crippen LogP contribution in [0.2, 0.25) is 0 Å². The Morgan fingerprint density at radius 1 is 1.30 bits per heavy atom. The Morgan fingerprint density at radius 2 is 2.05 bits per heavy atom. The molecule has 104 valence electrons. The Labute approximate surface area is 114 Å². The largest absolute Gasteiger partial charge is 0.505 e. The fraction of sp³-hybridized carbons (Fsp3) is 0.143. The molecule has 4 nitrogen and oxygen atoms in total. The van der Waals surface area contributed by atoms with Crippen LogP contribution in [-0.4, -0.2) is 21.4 Å². The first-order valence-electron chi connectivity index (χ1n) is 5.80. The highest BCUT2D eigenvalue weighted by Crippen LogP contribution is 2.23. The van der Waals surface area contributed by atoms with Crippen LogP contribution in [-0.2, 0) is 6.61 Å². The summed E-state index contributed by atoms with van der Waals surface area (Å²) in [6.45, 7) is 1.28. The van der Waals surface area contributed by atoms with E-state index in [1.54, 1.807) is 6.92 Å². The van der Waals surface area contributed by atoms with Gasteiger partial charge in [0.15, 0.2) is 11.6 Å². The first-order chi connectivity index (χ1) is 9.52. The summed E-state index contributed by atoms with van der Waals surface area (Å²) in [6.07, 6.45) is 2.70. The number of pyridine rings is 1. The average Bonchev–Trinajstić information content (AvgIpc) is 2.44. The van der Waals surface area contributed by atoms with Crippen molar-refractivity contribution < 1.29 is 19.0 Å². The number of hydrogen-bond donors (Lipinski definition) is 2. The summed E-state index contributed by atoms with van der Waals surface area (Å²) < 4.78 is 25.8. The van der Waals surface area contributed by atoms with Crippen LogP contribution in [0.15, 0.2) is 29.4 Å². The lowest BCUT2D eigenvalue weighted by Crippen LogP contribution is -1.97. The molecule has 0 radical (unpaired) electrons. The zero-order valence-electron chi connectivity index (χ0n) is 10.6. The van der Waals surface area contributed by atoms with Gasteiger partial charge in [0.05, 0.1) is 18.0 Å². The van der Waals surface area contributed by atoms with Crippen LogP contribution >= 0.6 is 0 Å². The van der Waals surface area contributed by atoms with Crippen molar-refractivity contribution in [3.05, 3.63) is 52.9 Å². The average molecular weight is 278 g/mol. The molecule has 0 atom stereocenters. The summed E-state index contributed by atoms with van der Waals surface area (Å²) in [5.74, 6) is -2.07. The molecule has 0 aliphatic carbocycles. The Hall–Kier alpha value is -2.34. The topological polar surface area (TPSA) is 65.7 Å². The van der Waals surface area contributed by atoms with Crippen molar-refractivity contribution in [2.75, 3.05) is 0 Å². The third-order valence-electron chi connectivity index (χ3n) is 2.77.